The molecule has 0 bridgehead atoms. The lowest BCUT2D eigenvalue weighted by Crippen LogP contribution is -2.42. The van der Waals surface area contributed by atoms with E-state index in [1.54, 1.807) is 0 Å². The van der Waals surface area contributed by atoms with Crippen LogP contribution >= 0.6 is 0 Å². The van der Waals surface area contributed by atoms with Crippen molar-refractivity contribution in [3.8, 4) is 0 Å². The average Bonchev–Trinajstić information content (AvgIpc) is 3.04. The second kappa shape index (κ2) is 5.16. The van der Waals surface area contributed by atoms with E-state index in [4.69, 9.17) is 5.73 Å². The maximum atomic E-state index is 6.15. The summed E-state index contributed by atoms with van der Waals surface area (Å²) >= 11 is 0. The minimum absolute atomic E-state index is 0.419. The number of piperidine rings is 1. The Morgan fingerprint density at radius 3 is 2.55 bits per heavy atom. The van der Waals surface area contributed by atoms with Crippen LogP contribution in [0.2, 0.25) is 0 Å². The molecule has 1 saturated heterocycles. The van der Waals surface area contributed by atoms with Crippen molar-refractivity contribution in [2.24, 2.45) is 22.5 Å². The van der Waals surface area contributed by atoms with Crippen LogP contribution in [0.5, 0.6) is 0 Å². The minimum Gasteiger partial charge on any atom is -0.330 e. The number of hydrogen-bond acceptors (Lipinski definition) is 2. The molecule has 2 nitrogen and oxygen atoms in total. The molecule has 1 aromatic carbocycles. The van der Waals surface area contributed by atoms with Gasteiger partial charge in [0.2, 0.25) is 0 Å². The first-order valence-corrected chi connectivity index (χ1v) is 8.04. The summed E-state index contributed by atoms with van der Waals surface area (Å²) in [5.74, 6) is 0.792. The topological polar surface area (TPSA) is 29.3 Å². The van der Waals surface area contributed by atoms with Crippen molar-refractivity contribution in [1.29, 1.82) is 0 Å². The first-order chi connectivity index (χ1) is 9.57. The van der Waals surface area contributed by atoms with Crippen LogP contribution in [0.25, 0.3) is 0 Å². The maximum Gasteiger partial charge on any atom is 0.0233 e. The zero-order valence-electron chi connectivity index (χ0n) is 12.9. The summed E-state index contributed by atoms with van der Waals surface area (Å²) in [7, 11) is 0. The van der Waals surface area contributed by atoms with Crippen LogP contribution < -0.4 is 5.73 Å². The lowest BCUT2D eigenvalue weighted by atomic mass is 9.78. The smallest absolute Gasteiger partial charge is 0.0233 e. The van der Waals surface area contributed by atoms with Crippen LogP contribution in [0.15, 0.2) is 30.3 Å². The fourth-order valence-electron chi connectivity index (χ4n) is 4.45. The lowest BCUT2D eigenvalue weighted by molar-refractivity contribution is 0.103. The van der Waals surface area contributed by atoms with Crippen molar-refractivity contribution < 1.29 is 0 Å². The average molecular weight is 272 g/mol. The molecule has 0 aromatic heterocycles. The van der Waals surface area contributed by atoms with Gasteiger partial charge in [-0.25, -0.2) is 0 Å². The molecule has 1 aliphatic carbocycles. The lowest BCUT2D eigenvalue weighted by Gasteiger charge is -2.38. The highest BCUT2D eigenvalue weighted by Crippen LogP contribution is 2.68. The molecule has 20 heavy (non-hydrogen) atoms. The van der Waals surface area contributed by atoms with Gasteiger partial charge in [0.15, 0.2) is 0 Å². The predicted octanol–water partition coefficient (Wildman–Crippen LogP) is 3.27. The molecular weight excluding hydrogens is 244 g/mol. The molecule has 0 radical (unpaired) electrons. The molecule has 1 heterocycles. The van der Waals surface area contributed by atoms with Crippen LogP contribution in [0.3, 0.4) is 0 Å². The number of nitrogens with zero attached hydrogens (tertiary/aromatic N) is 1. The van der Waals surface area contributed by atoms with Gasteiger partial charge in [0.25, 0.3) is 0 Å². The van der Waals surface area contributed by atoms with Crippen molar-refractivity contribution in [1.82, 2.24) is 4.90 Å². The van der Waals surface area contributed by atoms with Gasteiger partial charge < -0.3 is 5.73 Å². The summed E-state index contributed by atoms with van der Waals surface area (Å²) in [5.41, 5.74) is 8.47. The van der Waals surface area contributed by atoms with E-state index < -0.39 is 0 Å². The molecule has 2 unspecified atom stereocenters. The van der Waals surface area contributed by atoms with E-state index in [1.807, 2.05) is 0 Å². The molecule has 2 fully saturated rings. The van der Waals surface area contributed by atoms with E-state index >= 15 is 0 Å². The fraction of sp³-hybridized carbons (Fsp3) is 0.667. The number of benzene rings is 1. The Hall–Kier alpha value is -0.860. The number of rotatable bonds is 4. The molecule has 3 rings (SSSR count). The molecule has 1 aromatic rings. The normalized spacial score (nSPS) is 33.0. The standard InChI is InChI=1S/C18H28N2/c1-17(2)13-18(17,14-19)16-9-6-10-20(12-16)11-15-7-4-3-5-8-15/h3-5,7-8,16H,6,9-14,19H2,1-2H3. The Balaban J connectivity index is 1.66. The summed E-state index contributed by atoms with van der Waals surface area (Å²) in [6, 6.07) is 10.9. The maximum absolute atomic E-state index is 6.15. The van der Waals surface area contributed by atoms with E-state index in [1.165, 1.54) is 37.9 Å². The molecule has 2 atom stereocenters. The molecule has 2 heteroatoms. The molecule has 1 saturated carbocycles. The van der Waals surface area contributed by atoms with Crippen LogP contribution in [0.4, 0.5) is 0 Å². The number of nitrogens with two attached hydrogens (primary N) is 1. The van der Waals surface area contributed by atoms with Gasteiger partial charge in [-0.15, -0.1) is 0 Å². The quantitative estimate of drug-likeness (QED) is 0.911. The van der Waals surface area contributed by atoms with E-state index in [0.717, 1.165) is 19.0 Å². The predicted molar refractivity (Wildman–Crippen MR) is 84.3 cm³/mol. The highest BCUT2D eigenvalue weighted by molar-refractivity contribution is 5.16. The summed E-state index contributed by atoms with van der Waals surface area (Å²) < 4.78 is 0. The van der Waals surface area contributed by atoms with Crippen molar-refractivity contribution >= 4 is 0 Å². The van der Waals surface area contributed by atoms with Crippen molar-refractivity contribution in [3.63, 3.8) is 0 Å². The SMILES string of the molecule is CC1(C)CC1(CN)C1CCCN(Cc2ccccc2)C1. The molecule has 0 amide bonds. The summed E-state index contributed by atoms with van der Waals surface area (Å²) in [6.07, 6.45) is 4.02. The first-order valence-electron chi connectivity index (χ1n) is 8.04. The van der Waals surface area contributed by atoms with E-state index in [-0.39, 0.29) is 0 Å². The van der Waals surface area contributed by atoms with Crippen molar-refractivity contribution in [2.75, 3.05) is 19.6 Å². The first kappa shape index (κ1) is 14.1. The Morgan fingerprint density at radius 1 is 1.25 bits per heavy atom. The van der Waals surface area contributed by atoms with Crippen LogP contribution in [-0.2, 0) is 6.54 Å². The molecule has 2 N–H and O–H groups in total. The summed E-state index contributed by atoms with van der Waals surface area (Å²) in [4.78, 5) is 2.63. The van der Waals surface area contributed by atoms with Gasteiger partial charge in [-0.05, 0) is 54.7 Å². The highest BCUT2D eigenvalue weighted by Gasteiger charge is 2.63. The van der Waals surface area contributed by atoms with Crippen molar-refractivity contribution in [2.45, 2.75) is 39.7 Å². The summed E-state index contributed by atoms with van der Waals surface area (Å²) in [5, 5.41) is 0. The Bertz CT molecular complexity index is 454. The molecule has 2 aliphatic rings. The van der Waals surface area contributed by atoms with Crippen molar-refractivity contribution in [3.05, 3.63) is 35.9 Å². The van der Waals surface area contributed by atoms with Gasteiger partial charge in [-0.3, -0.25) is 4.90 Å². The third-order valence-electron chi connectivity index (χ3n) is 5.88. The van der Waals surface area contributed by atoms with Gasteiger partial charge in [0, 0.05) is 13.1 Å². The number of likely N-dealkylation sites (tertiary alicyclic amines) is 1. The van der Waals surface area contributed by atoms with E-state index in [2.05, 4.69) is 49.1 Å². The largest absolute Gasteiger partial charge is 0.330 e. The molecule has 110 valence electrons. The van der Waals surface area contributed by atoms with Gasteiger partial charge in [-0.2, -0.15) is 0 Å². The zero-order chi connectivity index (χ0) is 14.2. The highest BCUT2D eigenvalue weighted by atomic mass is 15.1. The summed E-state index contributed by atoms with van der Waals surface area (Å²) in [6.45, 7) is 9.23. The monoisotopic (exact) mass is 272 g/mol. The third-order valence-corrected chi connectivity index (χ3v) is 5.88. The molecule has 1 aliphatic heterocycles. The Kier molecular flexibility index (Phi) is 3.64. The fourth-order valence-corrected chi connectivity index (χ4v) is 4.45. The van der Waals surface area contributed by atoms with Gasteiger partial charge in [0.05, 0.1) is 0 Å². The van der Waals surface area contributed by atoms with Crippen LogP contribution in [0.1, 0.15) is 38.7 Å². The second-order valence-corrected chi connectivity index (χ2v) is 7.48. The van der Waals surface area contributed by atoms with Gasteiger partial charge in [0.1, 0.15) is 0 Å². The van der Waals surface area contributed by atoms with E-state index in [9.17, 15) is 0 Å². The third kappa shape index (κ3) is 2.40. The van der Waals surface area contributed by atoms with Gasteiger partial charge in [-0.1, -0.05) is 44.2 Å². The number of hydrogen-bond donors (Lipinski definition) is 1. The Labute approximate surface area is 123 Å². The molecular formula is C18H28N2. The van der Waals surface area contributed by atoms with Crippen LogP contribution in [0, 0.1) is 16.7 Å². The zero-order valence-corrected chi connectivity index (χ0v) is 12.9. The van der Waals surface area contributed by atoms with Crippen LogP contribution in [-0.4, -0.2) is 24.5 Å². The second-order valence-electron chi connectivity index (χ2n) is 7.48. The Morgan fingerprint density at radius 2 is 1.95 bits per heavy atom. The minimum atomic E-state index is 0.419. The van der Waals surface area contributed by atoms with Gasteiger partial charge >= 0.3 is 0 Å². The molecule has 0 spiro atoms. The van der Waals surface area contributed by atoms with E-state index in [0.29, 0.717) is 10.8 Å².